The third kappa shape index (κ3) is 5.61. The molecule has 0 aromatic heterocycles. The SMILES string of the molecule is CCCC(NC)C(CC)OC(C)(C)C. The Morgan fingerprint density at radius 3 is 2.07 bits per heavy atom. The summed E-state index contributed by atoms with van der Waals surface area (Å²) in [6, 6.07) is 0.490. The van der Waals surface area contributed by atoms with Crippen molar-refractivity contribution in [3.05, 3.63) is 0 Å². The predicted molar refractivity (Wildman–Crippen MR) is 62.7 cm³/mol. The van der Waals surface area contributed by atoms with Gasteiger partial charge in [0.1, 0.15) is 0 Å². The monoisotopic (exact) mass is 201 g/mol. The lowest BCUT2D eigenvalue weighted by molar-refractivity contribution is -0.0765. The number of ether oxygens (including phenoxy) is 1. The van der Waals surface area contributed by atoms with Gasteiger partial charge in [-0.3, -0.25) is 0 Å². The summed E-state index contributed by atoms with van der Waals surface area (Å²) in [6.07, 6.45) is 3.79. The van der Waals surface area contributed by atoms with E-state index in [4.69, 9.17) is 4.74 Å². The van der Waals surface area contributed by atoms with E-state index in [1.54, 1.807) is 0 Å². The van der Waals surface area contributed by atoms with Crippen molar-refractivity contribution in [3.63, 3.8) is 0 Å². The largest absolute Gasteiger partial charge is 0.371 e. The molecule has 0 spiro atoms. The van der Waals surface area contributed by atoms with Crippen LogP contribution in [0, 0.1) is 0 Å². The van der Waals surface area contributed by atoms with Crippen molar-refractivity contribution >= 4 is 0 Å². The van der Waals surface area contributed by atoms with Crippen LogP contribution in [0.15, 0.2) is 0 Å². The topological polar surface area (TPSA) is 21.3 Å². The van der Waals surface area contributed by atoms with Gasteiger partial charge < -0.3 is 10.1 Å². The van der Waals surface area contributed by atoms with E-state index >= 15 is 0 Å². The van der Waals surface area contributed by atoms with E-state index in [2.05, 4.69) is 39.9 Å². The molecule has 1 N–H and O–H groups in total. The molecule has 0 aliphatic heterocycles. The summed E-state index contributed by atoms with van der Waals surface area (Å²) in [5.74, 6) is 0. The fourth-order valence-electron chi connectivity index (χ4n) is 1.73. The molecule has 0 aromatic rings. The molecule has 2 heteroatoms. The number of hydrogen-bond acceptors (Lipinski definition) is 2. The average Bonchev–Trinajstić information content (AvgIpc) is 2.09. The smallest absolute Gasteiger partial charge is 0.0732 e. The molecule has 2 atom stereocenters. The molecule has 0 saturated carbocycles. The molecule has 0 saturated heterocycles. The number of nitrogens with one attached hydrogen (secondary N) is 1. The van der Waals surface area contributed by atoms with E-state index in [1.165, 1.54) is 12.8 Å². The second-order valence-corrected chi connectivity index (χ2v) is 4.86. The Kier molecular flexibility index (Phi) is 6.38. The second-order valence-electron chi connectivity index (χ2n) is 4.86. The second kappa shape index (κ2) is 6.41. The highest BCUT2D eigenvalue weighted by Crippen LogP contribution is 2.17. The Balaban J connectivity index is 4.21. The van der Waals surface area contributed by atoms with Crippen molar-refractivity contribution in [3.8, 4) is 0 Å². The standard InChI is InChI=1S/C12H27NO/c1-7-9-10(13-6)11(8-2)14-12(3,4)5/h10-11,13H,7-9H2,1-6H3. The third-order valence-electron chi connectivity index (χ3n) is 2.33. The summed E-state index contributed by atoms with van der Waals surface area (Å²) in [5.41, 5.74) is -0.0382. The van der Waals surface area contributed by atoms with E-state index in [-0.39, 0.29) is 5.60 Å². The van der Waals surface area contributed by atoms with Gasteiger partial charge in [0.15, 0.2) is 0 Å². The molecule has 0 rings (SSSR count). The first-order chi connectivity index (χ1) is 6.44. The zero-order chi connectivity index (χ0) is 11.2. The van der Waals surface area contributed by atoms with E-state index in [0.717, 1.165) is 6.42 Å². The molecule has 0 bridgehead atoms. The van der Waals surface area contributed by atoms with Crippen LogP contribution in [0.1, 0.15) is 53.9 Å². The Morgan fingerprint density at radius 1 is 1.21 bits per heavy atom. The normalized spacial score (nSPS) is 16.7. The van der Waals surface area contributed by atoms with Gasteiger partial charge in [0.2, 0.25) is 0 Å². The lowest BCUT2D eigenvalue weighted by atomic mass is 10.0. The van der Waals surface area contributed by atoms with Crippen molar-refractivity contribution in [2.24, 2.45) is 0 Å². The first kappa shape index (κ1) is 13.9. The van der Waals surface area contributed by atoms with Crippen LogP contribution in [-0.4, -0.2) is 24.8 Å². The minimum atomic E-state index is -0.0382. The van der Waals surface area contributed by atoms with Crippen LogP contribution in [0.4, 0.5) is 0 Å². The zero-order valence-corrected chi connectivity index (χ0v) is 10.7. The average molecular weight is 201 g/mol. The molecule has 0 aliphatic rings. The van der Waals surface area contributed by atoms with Crippen LogP contribution < -0.4 is 5.32 Å². The van der Waals surface area contributed by atoms with Crippen molar-refractivity contribution in [2.45, 2.75) is 71.6 Å². The number of rotatable bonds is 6. The lowest BCUT2D eigenvalue weighted by Crippen LogP contribution is -2.42. The van der Waals surface area contributed by atoms with Crippen LogP contribution in [-0.2, 0) is 4.74 Å². The molecule has 2 nitrogen and oxygen atoms in total. The Hall–Kier alpha value is -0.0800. The van der Waals surface area contributed by atoms with E-state index in [9.17, 15) is 0 Å². The van der Waals surface area contributed by atoms with Crippen molar-refractivity contribution in [2.75, 3.05) is 7.05 Å². The quantitative estimate of drug-likeness (QED) is 0.713. The van der Waals surface area contributed by atoms with Crippen LogP contribution in [0.3, 0.4) is 0 Å². The molecule has 86 valence electrons. The zero-order valence-electron chi connectivity index (χ0n) is 10.7. The van der Waals surface area contributed by atoms with Gasteiger partial charge in [-0.1, -0.05) is 20.3 Å². The van der Waals surface area contributed by atoms with Gasteiger partial charge in [-0.05, 0) is 40.7 Å². The molecule has 2 unspecified atom stereocenters. The van der Waals surface area contributed by atoms with Gasteiger partial charge in [-0.25, -0.2) is 0 Å². The highest BCUT2D eigenvalue weighted by Gasteiger charge is 2.23. The summed E-state index contributed by atoms with van der Waals surface area (Å²) in [4.78, 5) is 0. The van der Waals surface area contributed by atoms with Crippen LogP contribution in [0.5, 0.6) is 0 Å². The van der Waals surface area contributed by atoms with E-state index < -0.39 is 0 Å². The fourth-order valence-corrected chi connectivity index (χ4v) is 1.73. The molecule has 0 aliphatic carbocycles. The molecule has 0 fully saturated rings. The Morgan fingerprint density at radius 2 is 1.79 bits per heavy atom. The van der Waals surface area contributed by atoms with Gasteiger partial charge in [0.25, 0.3) is 0 Å². The lowest BCUT2D eigenvalue weighted by Gasteiger charge is -2.32. The first-order valence-electron chi connectivity index (χ1n) is 5.79. The van der Waals surface area contributed by atoms with Crippen molar-refractivity contribution in [1.82, 2.24) is 5.32 Å². The van der Waals surface area contributed by atoms with Gasteiger partial charge in [-0.2, -0.15) is 0 Å². The van der Waals surface area contributed by atoms with Crippen molar-refractivity contribution < 1.29 is 4.74 Å². The molecular formula is C12H27NO. The van der Waals surface area contributed by atoms with Gasteiger partial charge in [0.05, 0.1) is 11.7 Å². The van der Waals surface area contributed by atoms with Crippen LogP contribution in [0.2, 0.25) is 0 Å². The van der Waals surface area contributed by atoms with Crippen molar-refractivity contribution in [1.29, 1.82) is 0 Å². The van der Waals surface area contributed by atoms with Gasteiger partial charge in [-0.15, -0.1) is 0 Å². The third-order valence-corrected chi connectivity index (χ3v) is 2.33. The molecule has 0 amide bonds. The molecular weight excluding hydrogens is 174 g/mol. The highest BCUT2D eigenvalue weighted by molar-refractivity contribution is 4.77. The Bertz CT molecular complexity index is 140. The summed E-state index contributed by atoms with van der Waals surface area (Å²) < 4.78 is 6.03. The van der Waals surface area contributed by atoms with Gasteiger partial charge >= 0.3 is 0 Å². The van der Waals surface area contributed by atoms with E-state index in [1.807, 2.05) is 7.05 Å². The molecule has 14 heavy (non-hydrogen) atoms. The minimum absolute atomic E-state index is 0.0382. The van der Waals surface area contributed by atoms with Gasteiger partial charge in [0, 0.05) is 6.04 Å². The summed E-state index contributed by atoms with van der Waals surface area (Å²) >= 11 is 0. The molecule has 0 radical (unpaired) electrons. The Labute approximate surface area is 89.4 Å². The maximum Gasteiger partial charge on any atom is 0.0732 e. The predicted octanol–water partition coefficient (Wildman–Crippen LogP) is 2.97. The summed E-state index contributed by atoms with van der Waals surface area (Å²) in [5, 5.41) is 3.35. The van der Waals surface area contributed by atoms with Crippen LogP contribution >= 0.6 is 0 Å². The first-order valence-corrected chi connectivity index (χ1v) is 5.79. The summed E-state index contributed by atoms with van der Waals surface area (Å²) in [7, 11) is 2.02. The minimum Gasteiger partial charge on any atom is -0.371 e. The molecule has 0 heterocycles. The highest BCUT2D eigenvalue weighted by atomic mass is 16.5. The fraction of sp³-hybridized carbons (Fsp3) is 1.00. The summed E-state index contributed by atoms with van der Waals surface area (Å²) in [6.45, 7) is 10.8. The van der Waals surface area contributed by atoms with E-state index in [0.29, 0.717) is 12.1 Å². The number of hydrogen-bond donors (Lipinski definition) is 1. The molecule has 0 aromatic carbocycles. The maximum atomic E-state index is 6.03. The maximum absolute atomic E-state index is 6.03. The number of likely N-dealkylation sites (N-methyl/N-ethyl adjacent to an activating group) is 1. The van der Waals surface area contributed by atoms with Crippen LogP contribution in [0.25, 0.3) is 0 Å².